The van der Waals surface area contributed by atoms with Crippen molar-refractivity contribution in [2.75, 3.05) is 0 Å². The van der Waals surface area contributed by atoms with Gasteiger partial charge in [0.1, 0.15) is 6.10 Å². The largest absolute Gasteiger partial charge is 0.393 e. The van der Waals surface area contributed by atoms with Crippen LogP contribution in [0, 0.1) is 40.9 Å². The average Bonchev–Trinajstić information content (AvgIpc) is 2.75. The van der Waals surface area contributed by atoms with Gasteiger partial charge in [-0.05, 0) is 49.4 Å². The predicted octanol–water partition coefficient (Wildman–Crippen LogP) is 0.587. The molecule has 26 heavy (non-hydrogen) atoms. The van der Waals surface area contributed by atoms with Gasteiger partial charge in [-0.2, -0.15) is 0 Å². The Balaban J connectivity index is 1.81. The van der Waals surface area contributed by atoms with Crippen LogP contribution in [0.1, 0.15) is 46.0 Å². The molecule has 0 aliphatic heterocycles. The third kappa shape index (κ3) is 2.00. The van der Waals surface area contributed by atoms with Crippen LogP contribution in [0.25, 0.3) is 0 Å². The number of rotatable bonds is 0. The lowest BCUT2D eigenvalue weighted by molar-refractivity contribution is -0.139. The molecule has 0 radical (unpaired) electrons. The van der Waals surface area contributed by atoms with Crippen LogP contribution in [-0.4, -0.2) is 55.5 Å². The number of aliphatic hydroxyl groups is 5. The molecule has 3 fully saturated rings. The summed E-state index contributed by atoms with van der Waals surface area (Å²) in [5.41, 5.74) is -1.67. The van der Waals surface area contributed by atoms with Crippen molar-refractivity contribution in [1.82, 2.24) is 0 Å². The summed E-state index contributed by atoms with van der Waals surface area (Å²) in [5.74, 6) is 1.74. The van der Waals surface area contributed by atoms with E-state index in [9.17, 15) is 25.5 Å². The quantitative estimate of drug-likeness (QED) is 0.321. The van der Waals surface area contributed by atoms with Crippen molar-refractivity contribution in [2.45, 2.75) is 76.0 Å². The van der Waals surface area contributed by atoms with Crippen LogP contribution in [0.3, 0.4) is 0 Å². The van der Waals surface area contributed by atoms with Gasteiger partial charge in [-0.25, -0.2) is 0 Å². The molecule has 5 heteroatoms. The molecule has 4 aliphatic carbocycles. The first-order valence-corrected chi connectivity index (χ1v) is 9.74. The number of aliphatic hydroxyl groups excluding tert-OH is 4. The van der Waals surface area contributed by atoms with E-state index in [0.29, 0.717) is 12.8 Å². The highest BCUT2D eigenvalue weighted by Crippen LogP contribution is 2.67. The van der Waals surface area contributed by atoms with Crippen molar-refractivity contribution in [3.8, 4) is 12.3 Å². The van der Waals surface area contributed by atoms with Crippen LogP contribution >= 0.6 is 0 Å². The molecule has 0 aromatic rings. The normalized spacial score (nSPS) is 58.8. The lowest BCUT2D eigenvalue weighted by Crippen LogP contribution is -2.58. The van der Waals surface area contributed by atoms with E-state index in [1.807, 2.05) is 13.0 Å². The predicted molar refractivity (Wildman–Crippen MR) is 95.7 cm³/mol. The van der Waals surface area contributed by atoms with Crippen molar-refractivity contribution in [3.05, 3.63) is 11.6 Å². The third-order valence-corrected chi connectivity index (χ3v) is 8.57. The molecule has 4 rings (SSSR count). The van der Waals surface area contributed by atoms with Crippen LogP contribution in [-0.2, 0) is 0 Å². The molecule has 5 nitrogen and oxygen atoms in total. The van der Waals surface area contributed by atoms with Gasteiger partial charge in [-0.15, -0.1) is 6.42 Å². The zero-order valence-electron chi connectivity index (χ0n) is 15.5. The van der Waals surface area contributed by atoms with E-state index in [1.54, 1.807) is 0 Å². The Hall–Kier alpha value is -0.900. The molecule has 0 bridgehead atoms. The summed E-state index contributed by atoms with van der Waals surface area (Å²) >= 11 is 0. The molecule has 144 valence electrons. The van der Waals surface area contributed by atoms with Gasteiger partial charge in [0.15, 0.2) is 5.60 Å². The van der Waals surface area contributed by atoms with Crippen LogP contribution in [0.4, 0.5) is 0 Å². The number of fused-ring (bicyclic) bond motifs is 5. The molecule has 5 N–H and O–H groups in total. The Morgan fingerprint density at radius 1 is 1.12 bits per heavy atom. The molecule has 0 aromatic heterocycles. The third-order valence-electron chi connectivity index (χ3n) is 8.57. The highest BCUT2D eigenvalue weighted by atomic mass is 16.4. The lowest BCUT2D eigenvalue weighted by Gasteiger charge is -2.59. The SMILES string of the molecule is C#C[C@]1(O)[C@@H](O)C(O)C2C3C(O)C=C4C[C@H](O)CC[C@]4(C)C3CC[C@@]21C. The van der Waals surface area contributed by atoms with E-state index in [2.05, 4.69) is 12.8 Å². The van der Waals surface area contributed by atoms with Crippen LogP contribution in [0.2, 0.25) is 0 Å². The Kier molecular flexibility index (Phi) is 3.95. The van der Waals surface area contributed by atoms with Gasteiger partial charge in [-0.3, -0.25) is 0 Å². The molecule has 3 saturated carbocycles. The first-order chi connectivity index (χ1) is 12.1. The van der Waals surface area contributed by atoms with E-state index in [4.69, 9.17) is 6.42 Å². The summed E-state index contributed by atoms with van der Waals surface area (Å²) in [6, 6.07) is 0. The van der Waals surface area contributed by atoms with Crippen molar-refractivity contribution < 1.29 is 25.5 Å². The maximum absolute atomic E-state index is 11.0. The summed E-state index contributed by atoms with van der Waals surface area (Å²) in [6.45, 7) is 4.04. The summed E-state index contributed by atoms with van der Waals surface area (Å²) < 4.78 is 0. The van der Waals surface area contributed by atoms with E-state index in [-0.39, 0.29) is 23.4 Å². The molecule has 4 aliphatic rings. The minimum atomic E-state index is -1.80. The Bertz CT molecular complexity index is 682. The Morgan fingerprint density at radius 2 is 1.81 bits per heavy atom. The van der Waals surface area contributed by atoms with Gasteiger partial charge in [0.25, 0.3) is 0 Å². The molecule has 0 aromatic carbocycles. The van der Waals surface area contributed by atoms with Crippen LogP contribution < -0.4 is 0 Å². The van der Waals surface area contributed by atoms with E-state index >= 15 is 0 Å². The maximum Gasteiger partial charge on any atom is 0.159 e. The molecule has 0 amide bonds. The van der Waals surface area contributed by atoms with Crippen LogP contribution in [0.15, 0.2) is 11.6 Å². The standard InChI is InChI=1S/C21H30O5/c1-4-21(26)18(25)17(24)16-15-13(6-8-20(16,21)3)19(2)7-5-12(22)9-11(19)10-14(15)23/h1,10,12-18,22-26H,5-9H2,2-3H3/t12-,13?,14?,15?,16?,17?,18+,19+,20+,21+/m1/s1. The van der Waals surface area contributed by atoms with Crippen LogP contribution in [0.5, 0.6) is 0 Å². The second kappa shape index (κ2) is 5.56. The molecule has 0 heterocycles. The van der Waals surface area contributed by atoms with Gasteiger partial charge in [-0.1, -0.05) is 31.4 Å². The van der Waals surface area contributed by atoms with Gasteiger partial charge in [0.05, 0.1) is 18.3 Å². The topological polar surface area (TPSA) is 101 Å². The first kappa shape index (κ1) is 18.5. The summed E-state index contributed by atoms with van der Waals surface area (Å²) in [5, 5.41) is 53.4. The Labute approximate surface area is 154 Å². The maximum atomic E-state index is 11.0. The Morgan fingerprint density at radius 3 is 2.46 bits per heavy atom. The van der Waals surface area contributed by atoms with Crippen molar-refractivity contribution in [2.24, 2.45) is 28.6 Å². The second-order valence-electron chi connectivity index (χ2n) is 9.51. The average molecular weight is 362 g/mol. The second-order valence-corrected chi connectivity index (χ2v) is 9.51. The molecule has 0 saturated heterocycles. The zero-order chi connectivity index (χ0) is 19.1. The summed E-state index contributed by atoms with van der Waals surface area (Å²) in [4.78, 5) is 0. The fraction of sp³-hybridized carbons (Fsp3) is 0.810. The smallest absolute Gasteiger partial charge is 0.159 e. The number of hydrogen-bond donors (Lipinski definition) is 5. The summed E-state index contributed by atoms with van der Waals surface area (Å²) in [6.07, 6.45) is 7.22. The molecular weight excluding hydrogens is 332 g/mol. The fourth-order valence-electron chi connectivity index (χ4n) is 6.98. The highest BCUT2D eigenvalue weighted by Gasteiger charge is 2.71. The van der Waals surface area contributed by atoms with Gasteiger partial charge >= 0.3 is 0 Å². The molecule has 10 atom stereocenters. The first-order valence-electron chi connectivity index (χ1n) is 9.74. The van der Waals surface area contributed by atoms with Crippen molar-refractivity contribution in [1.29, 1.82) is 0 Å². The zero-order valence-corrected chi connectivity index (χ0v) is 15.5. The summed E-state index contributed by atoms with van der Waals surface area (Å²) in [7, 11) is 0. The van der Waals surface area contributed by atoms with E-state index in [0.717, 1.165) is 24.8 Å². The minimum Gasteiger partial charge on any atom is -0.393 e. The van der Waals surface area contributed by atoms with Crippen molar-refractivity contribution >= 4 is 0 Å². The molecule has 5 unspecified atom stereocenters. The highest BCUT2D eigenvalue weighted by molar-refractivity contribution is 5.33. The van der Waals surface area contributed by atoms with E-state index < -0.39 is 35.2 Å². The van der Waals surface area contributed by atoms with E-state index in [1.165, 1.54) is 0 Å². The monoisotopic (exact) mass is 362 g/mol. The number of hydrogen-bond acceptors (Lipinski definition) is 5. The fourth-order valence-corrected chi connectivity index (χ4v) is 6.98. The molecular formula is C21H30O5. The van der Waals surface area contributed by atoms with Crippen molar-refractivity contribution in [3.63, 3.8) is 0 Å². The van der Waals surface area contributed by atoms with Gasteiger partial charge in [0.2, 0.25) is 0 Å². The lowest BCUT2D eigenvalue weighted by atomic mass is 9.46. The minimum absolute atomic E-state index is 0.130. The molecule has 0 spiro atoms. The van der Waals surface area contributed by atoms with Gasteiger partial charge in [0, 0.05) is 11.3 Å². The number of terminal acetylenes is 1. The van der Waals surface area contributed by atoms with Gasteiger partial charge < -0.3 is 25.5 Å².